The third kappa shape index (κ3) is 9.14. The zero-order valence-electron chi connectivity index (χ0n) is 18.5. The van der Waals surface area contributed by atoms with Gasteiger partial charge >= 0.3 is 0 Å². The highest BCUT2D eigenvalue weighted by molar-refractivity contribution is 7.99. The Labute approximate surface area is 199 Å². The molecule has 0 fully saturated rings. The minimum Gasteiger partial charge on any atom is -0.350 e. The lowest BCUT2D eigenvalue weighted by molar-refractivity contribution is -0.141. The first-order valence-corrected chi connectivity index (χ1v) is 12.0. The number of nitrogens with zero attached hydrogens (tertiary/aromatic N) is 1. The van der Waals surface area contributed by atoms with Crippen LogP contribution in [0.3, 0.4) is 0 Å². The molecule has 2 amide bonds. The monoisotopic (exact) mass is 480 g/mol. The first-order valence-electron chi connectivity index (χ1n) is 10.3. The molecule has 2 rings (SSSR count). The molecule has 168 valence electrons. The van der Waals surface area contributed by atoms with E-state index in [4.69, 9.17) is 23.2 Å². The summed E-state index contributed by atoms with van der Waals surface area (Å²) in [5.41, 5.74) is 0.568. The number of carbonyl (C=O) groups excluding carboxylic acids is 2. The zero-order chi connectivity index (χ0) is 23.0. The Hall–Kier alpha value is -1.69. The lowest BCUT2D eigenvalue weighted by Gasteiger charge is -2.31. The van der Waals surface area contributed by atoms with E-state index in [9.17, 15) is 9.59 Å². The summed E-state index contributed by atoms with van der Waals surface area (Å²) < 4.78 is 0. The number of carbonyl (C=O) groups is 2. The molecule has 0 heterocycles. The summed E-state index contributed by atoms with van der Waals surface area (Å²) in [6.45, 7) is 7.92. The van der Waals surface area contributed by atoms with Crippen LogP contribution in [0.25, 0.3) is 0 Å². The second kappa shape index (κ2) is 11.8. The van der Waals surface area contributed by atoms with Gasteiger partial charge < -0.3 is 10.2 Å². The van der Waals surface area contributed by atoms with E-state index >= 15 is 0 Å². The summed E-state index contributed by atoms with van der Waals surface area (Å²) >= 11 is 13.6. The molecule has 1 atom stereocenters. The van der Waals surface area contributed by atoms with E-state index in [1.165, 1.54) is 0 Å². The van der Waals surface area contributed by atoms with E-state index in [2.05, 4.69) is 5.32 Å². The van der Waals surface area contributed by atoms with Crippen molar-refractivity contribution in [1.82, 2.24) is 10.2 Å². The first-order chi connectivity index (χ1) is 14.5. The fourth-order valence-corrected chi connectivity index (χ4v) is 4.04. The maximum atomic E-state index is 13.1. The summed E-state index contributed by atoms with van der Waals surface area (Å²) in [5.74, 6) is 0.610. The van der Waals surface area contributed by atoms with E-state index in [0.29, 0.717) is 23.0 Å². The lowest BCUT2D eigenvalue weighted by Crippen LogP contribution is -2.52. The maximum absolute atomic E-state index is 13.1. The SMILES string of the molecule is C[C@@H](C(=O)NC(C)(C)C)N(Cc1ccc(Cl)cc1)C(=O)CCCSc1ccc(Cl)cc1. The largest absolute Gasteiger partial charge is 0.350 e. The van der Waals surface area contributed by atoms with Crippen molar-refractivity contribution in [2.45, 2.75) is 63.6 Å². The average Bonchev–Trinajstić information content (AvgIpc) is 2.70. The molecular weight excluding hydrogens is 451 g/mol. The van der Waals surface area contributed by atoms with Gasteiger partial charge in [-0.3, -0.25) is 9.59 Å². The Balaban J connectivity index is 2.01. The Bertz CT molecular complexity index is 865. The molecule has 0 spiro atoms. The minimum atomic E-state index is -0.577. The van der Waals surface area contributed by atoms with E-state index in [1.807, 2.05) is 57.2 Å². The van der Waals surface area contributed by atoms with E-state index < -0.39 is 6.04 Å². The first kappa shape index (κ1) is 25.6. The lowest BCUT2D eigenvalue weighted by atomic mass is 10.1. The number of amides is 2. The van der Waals surface area contributed by atoms with Crippen molar-refractivity contribution in [2.75, 3.05) is 5.75 Å². The van der Waals surface area contributed by atoms with Crippen molar-refractivity contribution in [3.8, 4) is 0 Å². The van der Waals surface area contributed by atoms with Gasteiger partial charge in [0.05, 0.1) is 0 Å². The van der Waals surface area contributed by atoms with Crippen LogP contribution in [-0.2, 0) is 16.1 Å². The second-order valence-electron chi connectivity index (χ2n) is 8.47. The van der Waals surface area contributed by atoms with Crippen LogP contribution < -0.4 is 5.32 Å². The van der Waals surface area contributed by atoms with Crippen LogP contribution in [0.15, 0.2) is 53.4 Å². The fraction of sp³-hybridized carbons (Fsp3) is 0.417. The highest BCUT2D eigenvalue weighted by Gasteiger charge is 2.28. The molecule has 0 radical (unpaired) electrons. The van der Waals surface area contributed by atoms with Crippen molar-refractivity contribution in [2.24, 2.45) is 0 Å². The summed E-state index contributed by atoms with van der Waals surface area (Å²) in [6, 6.07) is 14.4. The van der Waals surface area contributed by atoms with Gasteiger partial charge in [-0.05, 0) is 81.8 Å². The van der Waals surface area contributed by atoms with Crippen molar-refractivity contribution < 1.29 is 9.59 Å². The molecule has 0 bridgehead atoms. The normalized spacial score (nSPS) is 12.3. The van der Waals surface area contributed by atoms with E-state index in [1.54, 1.807) is 35.7 Å². The Morgan fingerprint density at radius 1 is 1.00 bits per heavy atom. The highest BCUT2D eigenvalue weighted by atomic mass is 35.5. The Kier molecular flexibility index (Phi) is 9.73. The number of benzene rings is 2. The van der Waals surface area contributed by atoms with Crippen LogP contribution >= 0.6 is 35.0 Å². The molecule has 0 saturated heterocycles. The van der Waals surface area contributed by atoms with E-state index in [-0.39, 0.29) is 17.4 Å². The van der Waals surface area contributed by atoms with Crippen LogP contribution in [0.5, 0.6) is 0 Å². The van der Waals surface area contributed by atoms with E-state index in [0.717, 1.165) is 22.6 Å². The molecule has 2 aromatic carbocycles. The number of nitrogens with one attached hydrogen (secondary N) is 1. The average molecular weight is 481 g/mol. The van der Waals surface area contributed by atoms with Crippen molar-refractivity contribution in [3.05, 3.63) is 64.1 Å². The van der Waals surface area contributed by atoms with Gasteiger partial charge in [0, 0.05) is 33.4 Å². The molecule has 7 heteroatoms. The fourth-order valence-electron chi connectivity index (χ4n) is 2.93. The molecular formula is C24H30Cl2N2O2S. The van der Waals surface area contributed by atoms with Crippen LogP contribution in [0.4, 0.5) is 0 Å². The number of halogens is 2. The molecule has 0 unspecified atom stereocenters. The maximum Gasteiger partial charge on any atom is 0.242 e. The molecule has 0 aliphatic carbocycles. The van der Waals surface area contributed by atoms with Gasteiger partial charge in [-0.15, -0.1) is 11.8 Å². The summed E-state index contributed by atoms with van der Waals surface area (Å²) in [4.78, 5) is 28.6. The number of rotatable bonds is 9. The van der Waals surface area contributed by atoms with Gasteiger partial charge in [0.1, 0.15) is 6.04 Å². The topological polar surface area (TPSA) is 49.4 Å². The number of thioether (sulfide) groups is 1. The number of hydrogen-bond donors (Lipinski definition) is 1. The van der Waals surface area contributed by atoms with Crippen LogP contribution in [0, 0.1) is 0 Å². The molecule has 4 nitrogen and oxygen atoms in total. The molecule has 0 aromatic heterocycles. The quantitative estimate of drug-likeness (QED) is 0.343. The molecule has 0 saturated carbocycles. The van der Waals surface area contributed by atoms with Crippen molar-refractivity contribution >= 4 is 46.8 Å². The highest BCUT2D eigenvalue weighted by Crippen LogP contribution is 2.22. The summed E-state index contributed by atoms with van der Waals surface area (Å²) in [6.07, 6.45) is 1.10. The Morgan fingerprint density at radius 2 is 1.55 bits per heavy atom. The van der Waals surface area contributed by atoms with Crippen molar-refractivity contribution in [1.29, 1.82) is 0 Å². The van der Waals surface area contributed by atoms with Crippen LogP contribution in [0.2, 0.25) is 10.0 Å². The van der Waals surface area contributed by atoms with Gasteiger partial charge in [-0.1, -0.05) is 35.3 Å². The third-order valence-corrected chi connectivity index (χ3v) is 6.15. The predicted molar refractivity (Wildman–Crippen MR) is 131 cm³/mol. The molecule has 31 heavy (non-hydrogen) atoms. The third-order valence-electron chi connectivity index (χ3n) is 4.55. The molecule has 0 aliphatic rings. The smallest absolute Gasteiger partial charge is 0.242 e. The Morgan fingerprint density at radius 3 is 2.10 bits per heavy atom. The molecule has 0 aliphatic heterocycles. The summed E-state index contributed by atoms with van der Waals surface area (Å²) in [7, 11) is 0. The van der Waals surface area contributed by atoms with Gasteiger partial charge in [-0.25, -0.2) is 0 Å². The van der Waals surface area contributed by atoms with Gasteiger partial charge in [0.15, 0.2) is 0 Å². The van der Waals surface area contributed by atoms with Crippen LogP contribution in [0.1, 0.15) is 46.1 Å². The van der Waals surface area contributed by atoms with Gasteiger partial charge in [0.25, 0.3) is 0 Å². The zero-order valence-corrected chi connectivity index (χ0v) is 20.8. The summed E-state index contributed by atoms with van der Waals surface area (Å²) in [5, 5.41) is 4.32. The molecule has 1 N–H and O–H groups in total. The molecule has 2 aromatic rings. The second-order valence-corrected chi connectivity index (χ2v) is 10.5. The number of hydrogen-bond acceptors (Lipinski definition) is 3. The van der Waals surface area contributed by atoms with Crippen molar-refractivity contribution in [3.63, 3.8) is 0 Å². The standard InChI is InChI=1S/C24H30Cl2N2O2S/c1-17(23(30)27-24(2,3)4)28(16-18-7-9-19(25)10-8-18)22(29)6-5-15-31-21-13-11-20(26)12-14-21/h7-14,17H,5-6,15-16H2,1-4H3,(H,27,30)/t17-/m0/s1. The van der Waals surface area contributed by atoms with Gasteiger partial charge in [0.2, 0.25) is 11.8 Å². The van der Waals surface area contributed by atoms with Gasteiger partial charge in [-0.2, -0.15) is 0 Å². The minimum absolute atomic E-state index is 0.0387. The predicted octanol–water partition coefficient (Wildman–Crippen LogP) is 6.20. The van der Waals surface area contributed by atoms with Crippen LogP contribution in [-0.4, -0.2) is 34.0 Å².